The predicted octanol–water partition coefficient (Wildman–Crippen LogP) is 4.19. The van der Waals surface area contributed by atoms with Gasteiger partial charge in [0, 0.05) is 25.2 Å². The lowest BCUT2D eigenvalue weighted by Gasteiger charge is -2.36. The van der Waals surface area contributed by atoms with Gasteiger partial charge in [-0.1, -0.05) is 48.5 Å². The quantitative estimate of drug-likeness (QED) is 0.604. The first-order chi connectivity index (χ1) is 15.0. The highest BCUT2D eigenvalue weighted by Gasteiger charge is 2.32. The number of carbonyl (C=O) groups is 2. The number of nitrogens with zero attached hydrogens (tertiary/aromatic N) is 1. The first kappa shape index (κ1) is 20.8. The van der Waals surface area contributed by atoms with Crippen LogP contribution in [0.3, 0.4) is 0 Å². The average molecular weight is 418 g/mol. The Balaban J connectivity index is 1.34. The van der Waals surface area contributed by atoms with Crippen molar-refractivity contribution in [3.63, 3.8) is 0 Å². The smallest absolute Gasteiger partial charge is 0.309 e. The van der Waals surface area contributed by atoms with Crippen molar-refractivity contribution in [2.24, 2.45) is 5.92 Å². The van der Waals surface area contributed by atoms with E-state index in [0.29, 0.717) is 25.2 Å². The molecule has 1 aliphatic heterocycles. The van der Waals surface area contributed by atoms with E-state index >= 15 is 0 Å². The normalized spacial score (nSPS) is 14.1. The molecule has 0 radical (unpaired) electrons. The Morgan fingerprint density at radius 1 is 0.935 bits per heavy atom. The number of aliphatic carboxylic acids is 1. The minimum Gasteiger partial charge on any atom is -0.481 e. The van der Waals surface area contributed by atoms with Crippen LogP contribution in [-0.2, 0) is 17.8 Å². The monoisotopic (exact) mass is 418 g/mol. The number of carboxylic acid groups (broad SMARTS) is 1. The predicted molar refractivity (Wildman–Crippen MR) is 116 cm³/mol. The van der Waals surface area contributed by atoms with Gasteiger partial charge < -0.3 is 10.4 Å². The Bertz CT molecular complexity index is 1080. The highest BCUT2D eigenvalue weighted by Crippen LogP contribution is 2.22. The summed E-state index contributed by atoms with van der Waals surface area (Å²) in [6.07, 6.45) is 0.781. The highest BCUT2D eigenvalue weighted by atomic mass is 19.1. The standard InChI is InChI=1S/C25H23FN2O3/c26-22-13-19(14-28-15-21(16-28)25(30)31)8-11-23(22)27-24(29)20-9-6-18(7-10-20)12-17-4-2-1-3-5-17/h1-11,13,21H,12,14-16H2,(H,27,29)(H,30,31). The number of hydrogen-bond donors (Lipinski definition) is 2. The molecule has 2 N–H and O–H groups in total. The van der Waals surface area contributed by atoms with E-state index in [-0.39, 0.29) is 17.5 Å². The van der Waals surface area contributed by atoms with Crippen molar-refractivity contribution in [1.29, 1.82) is 0 Å². The van der Waals surface area contributed by atoms with Gasteiger partial charge in [-0.2, -0.15) is 0 Å². The summed E-state index contributed by atoms with van der Waals surface area (Å²) < 4.78 is 14.5. The summed E-state index contributed by atoms with van der Waals surface area (Å²) in [5, 5.41) is 11.6. The van der Waals surface area contributed by atoms with Crippen LogP contribution in [0.2, 0.25) is 0 Å². The fraction of sp³-hybridized carbons (Fsp3) is 0.200. The molecule has 0 spiro atoms. The second kappa shape index (κ2) is 9.10. The fourth-order valence-electron chi connectivity index (χ4n) is 3.67. The molecule has 0 unspecified atom stereocenters. The van der Waals surface area contributed by atoms with Gasteiger partial charge in [-0.25, -0.2) is 4.39 Å². The maximum Gasteiger partial charge on any atom is 0.309 e. The van der Waals surface area contributed by atoms with E-state index in [1.807, 2.05) is 35.2 Å². The number of amides is 1. The maximum atomic E-state index is 14.5. The summed E-state index contributed by atoms with van der Waals surface area (Å²) in [6, 6.07) is 22.0. The molecule has 1 amide bonds. The molecular weight excluding hydrogens is 395 g/mol. The van der Waals surface area contributed by atoms with Crippen LogP contribution in [0.5, 0.6) is 0 Å². The van der Waals surface area contributed by atoms with E-state index in [9.17, 15) is 14.0 Å². The van der Waals surface area contributed by atoms with Crippen molar-refractivity contribution in [1.82, 2.24) is 4.90 Å². The van der Waals surface area contributed by atoms with Gasteiger partial charge in [-0.3, -0.25) is 14.5 Å². The van der Waals surface area contributed by atoms with Crippen molar-refractivity contribution in [3.05, 3.63) is 101 Å². The first-order valence-corrected chi connectivity index (χ1v) is 10.2. The number of likely N-dealkylation sites (tertiary alicyclic amines) is 1. The van der Waals surface area contributed by atoms with Gasteiger partial charge in [0.15, 0.2) is 0 Å². The van der Waals surface area contributed by atoms with Crippen LogP contribution >= 0.6 is 0 Å². The lowest BCUT2D eigenvalue weighted by Crippen LogP contribution is -2.49. The van der Waals surface area contributed by atoms with Gasteiger partial charge in [-0.05, 0) is 47.4 Å². The molecule has 1 heterocycles. The third-order valence-corrected chi connectivity index (χ3v) is 5.46. The first-order valence-electron chi connectivity index (χ1n) is 10.2. The third-order valence-electron chi connectivity index (χ3n) is 5.46. The number of nitrogens with one attached hydrogen (secondary N) is 1. The topological polar surface area (TPSA) is 69.6 Å². The lowest BCUT2D eigenvalue weighted by atomic mass is 9.99. The summed E-state index contributed by atoms with van der Waals surface area (Å²) in [5.74, 6) is -2.03. The van der Waals surface area contributed by atoms with E-state index in [4.69, 9.17) is 5.11 Å². The van der Waals surface area contributed by atoms with E-state index in [0.717, 1.165) is 17.5 Å². The number of anilines is 1. The molecule has 5 nitrogen and oxygen atoms in total. The molecule has 1 saturated heterocycles. The molecule has 0 aliphatic carbocycles. The van der Waals surface area contributed by atoms with Crippen molar-refractivity contribution in [2.75, 3.05) is 18.4 Å². The Labute approximate surface area is 180 Å². The Morgan fingerprint density at radius 2 is 1.58 bits per heavy atom. The van der Waals surface area contributed by atoms with E-state index < -0.39 is 11.8 Å². The SMILES string of the molecule is O=C(Nc1ccc(CN2CC(C(=O)O)C2)cc1F)c1ccc(Cc2ccccc2)cc1. The highest BCUT2D eigenvalue weighted by molar-refractivity contribution is 6.04. The Hall–Kier alpha value is -3.51. The summed E-state index contributed by atoms with van der Waals surface area (Å²) in [7, 11) is 0. The minimum atomic E-state index is -0.798. The molecule has 1 aliphatic rings. The van der Waals surface area contributed by atoms with Crippen molar-refractivity contribution in [3.8, 4) is 0 Å². The Kier molecular flexibility index (Phi) is 6.09. The Morgan fingerprint density at radius 3 is 2.23 bits per heavy atom. The van der Waals surface area contributed by atoms with Crippen molar-refractivity contribution >= 4 is 17.6 Å². The number of halogens is 1. The van der Waals surface area contributed by atoms with E-state index in [1.54, 1.807) is 24.3 Å². The van der Waals surface area contributed by atoms with Crippen LogP contribution in [-0.4, -0.2) is 35.0 Å². The molecule has 3 aromatic carbocycles. The van der Waals surface area contributed by atoms with Gasteiger partial charge in [0.1, 0.15) is 5.82 Å². The molecular formula is C25H23FN2O3. The van der Waals surface area contributed by atoms with E-state index in [1.165, 1.54) is 11.6 Å². The fourth-order valence-corrected chi connectivity index (χ4v) is 3.67. The molecule has 0 aromatic heterocycles. The number of rotatable bonds is 7. The molecule has 1 fully saturated rings. The summed E-state index contributed by atoms with van der Waals surface area (Å²) >= 11 is 0. The van der Waals surface area contributed by atoms with Crippen LogP contribution in [0.25, 0.3) is 0 Å². The number of benzene rings is 3. The van der Waals surface area contributed by atoms with Gasteiger partial charge in [0.2, 0.25) is 0 Å². The summed E-state index contributed by atoms with van der Waals surface area (Å²) in [6.45, 7) is 1.42. The van der Waals surface area contributed by atoms with Crippen molar-refractivity contribution in [2.45, 2.75) is 13.0 Å². The number of carboxylic acids is 1. The van der Waals surface area contributed by atoms with Crippen LogP contribution in [0.4, 0.5) is 10.1 Å². The van der Waals surface area contributed by atoms with Crippen LogP contribution in [0.15, 0.2) is 72.8 Å². The second-order valence-corrected chi connectivity index (χ2v) is 7.86. The number of carbonyl (C=O) groups excluding carboxylic acids is 1. The maximum absolute atomic E-state index is 14.5. The van der Waals surface area contributed by atoms with Gasteiger partial charge in [-0.15, -0.1) is 0 Å². The van der Waals surface area contributed by atoms with Crippen molar-refractivity contribution < 1.29 is 19.1 Å². The van der Waals surface area contributed by atoms with Gasteiger partial charge in [0.05, 0.1) is 11.6 Å². The van der Waals surface area contributed by atoms with Crippen LogP contribution < -0.4 is 5.32 Å². The largest absolute Gasteiger partial charge is 0.481 e. The minimum absolute atomic E-state index is 0.120. The molecule has 4 rings (SSSR count). The molecule has 0 saturated carbocycles. The molecule has 0 bridgehead atoms. The number of hydrogen-bond acceptors (Lipinski definition) is 3. The molecule has 3 aromatic rings. The summed E-state index contributed by atoms with van der Waals surface area (Å²) in [5.41, 5.74) is 3.60. The van der Waals surface area contributed by atoms with E-state index in [2.05, 4.69) is 17.4 Å². The zero-order valence-corrected chi connectivity index (χ0v) is 16.9. The zero-order valence-electron chi connectivity index (χ0n) is 16.9. The second-order valence-electron chi connectivity index (χ2n) is 7.86. The molecule has 31 heavy (non-hydrogen) atoms. The zero-order chi connectivity index (χ0) is 21.8. The molecule has 158 valence electrons. The lowest BCUT2D eigenvalue weighted by molar-refractivity contribution is -0.147. The van der Waals surface area contributed by atoms with Crippen LogP contribution in [0, 0.1) is 11.7 Å². The third kappa shape index (κ3) is 5.16. The van der Waals surface area contributed by atoms with Gasteiger partial charge in [0.25, 0.3) is 5.91 Å². The van der Waals surface area contributed by atoms with Crippen LogP contribution in [0.1, 0.15) is 27.0 Å². The summed E-state index contributed by atoms with van der Waals surface area (Å²) in [4.78, 5) is 25.3. The molecule has 6 heteroatoms. The molecule has 0 atom stereocenters. The average Bonchev–Trinajstić information content (AvgIpc) is 2.73. The van der Waals surface area contributed by atoms with Gasteiger partial charge >= 0.3 is 5.97 Å².